The van der Waals surface area contributed by atoms with Crippen LogP contribution < -0.4 is 0 Å². The van der Waals surface area contributed by atoms with Crippen LogP contribution in [0.2, 0.25) is 0 Å². The van der Waals surface area contributed by atoms with Crippen LogP contribution in [0.1, 0.15) is 30.5 Å². The molecule has 7 rings (SSSR count). The smallest absolute Gasteiger partial charge is 0.160 e. The van der Waals surface area contributed by atoms with E-state index in [1.165, 1.54) is 22.3 Å². The fourth-order valence-electron chi connectivity index (χ4n) is 6.00. The largest absolute Gasteiger partial charge is 0.228 e. The van der Waals surface area contributed by atoms with Crippen molar-refractivity contribution in [2.75, 3.05) is 0 Å². The molecule has 0 unspecified atom stereocenters. The highest BCUT2D eigenvalue weighted by atomic mass is 14.9. The second kappa shape index (κ2) is 9.70. The molecule has 1 aliphatic carbocycles. The second-order valence-corrected chi connectivity index (χ2v) is 11.0. The molecule has 0 radical (unpaired) electrons. The molecule has 194 valence electrons. The van der Waals surface area contributed by atoms with Crippen molar-refractivity contribution in [2.24, 2.45) is 0 Å². The quantitative estimate of drug-likeness (QED) is 0.230. The predicted molar refractivity (Wildman–Crippen MR) is 166 cm³/mol. The van der Waals surface area contributed by atoms with E-state index in [2.05, 4.69) is 86.6 Å². The van der Waals surface area contributed by atoms with E-state index < -0.39 is 0 Å². The van der Waals surface area contributed by atoms with Crippen molar-refractivity contribution in [3.05, 3.63) is 144 Å². The van der Waals surface area contributed by atoms with E-state index in [-0.39, 0.29) is 5.41 Å². The Morgan fingerprint density at radius 3 is 1.80 bits per heavy atom. The molecule has 1 aliphatic rings. The summed E-state index contributed by atoms with van der Waals surface area (Å²) >= 11 is 0. The summed E-state index contributed by atoms with van der Waals surface area (Å²) in [6.07, 6.45) is 0. The molecule has 0 spiro atoms. The molecule has 0 atom stereocenters. The number of hydrogen-bond donors (Lipinski definition) is 0. The maximum atomic E-state index is 9.60. The van der Waals surface area contributed by atoms with Gasteiger partial charge < -0.3 is 0 Å². The Morgan fingerprint density at radius 1 is 0.537 bits per heavy atom. The molecule has 1 aromatic heterocycles. The molecule has 0 fully saturated rings. The van der Waals surface area contributed by atoms with Gasteiger partial charge in [0.1, 0.15) is 0 Å². The summed E-state index contributed by atoms with van der Waals surface area (Å²) in [4.78, 5) is 9.90. The Hall–Kier alpha value is -5.33. The summed E-state index contributed by atoms with van der Waals surface area (Å²) in [6, 6.07) is 46.0. The number of fused-ring (bicyclic) bond motifs is 3. The van der Waals surface area contributed by atoms with Gasteiger partial charge >= 0.3 is 0 Å². The third-order valence-electron chi connectivity index (χ3n) is 8.15. The molecule has 0 saturated heterocycles. The first-order valence-corrected chi connectivity index (χ1v) is 13.8. The molecule has 3 nitrogen and oxygen atoms in total. The van der Waals surface area contributed by atoms with Crippen molar-refractivity contribution in [2.45, 2.75) is 19.3 Å². The van der Waals surface area contributed by atoms with Gasteiger partial charge in [-0.3, -0.25) is 0 Å². The van der Waals surface area contributed by atoms with Gasteiger partial charge in [-0.2, -0.15) is 5.26 Å². The highest BCUT2D eigenvalue weighted by molar-refractivity contribution is 5.93. The summed E-state index contributed by atoms with van der Waals surface area (Å²) in [7, 11) is 0. The fraction of sp³-hybridized carbons (Fsp3) is 0.0789. The number of nitriles is 1. The Morgan fingerprint density at radius 2 is 1.15 bits per heavy atom. The zero-order valence-electron chi connectivity index (χ0n) is 23.0. The molecule has 0 saturated carbocycles. The Labute approximate surface area is 240 Å². The molecule has 1 heterocycles. The highest BCUT2D eigenvalue weighted by Gasteiger charge is 2.36. The Bertz CT molecular complexity index is 1890. The van der Waals surface area contributed by atoms with Gasteiger partial charge in [0.15, 0.2) is 5.82 Å². The van der Waals surface area contributed by atoms with Crippen molar-refractivity contribution < 1.29 is 0 Å². The van der Waals surface area contributed by atoms with Gasteiger partial charge in [0, 0.05) is 22.1 Å². The van der Waals surface area contributed by atoms with Crippen LogP contribution in [0.15, 0.2) is 127 Å². The molecular formula is C38H27N3. The maximum absolute atomic E-state index is 9.60. The van der Waals surface area contributed by atoms with Gasteiger partial charge in [-0.1, -0.05) is 123 Å². The van der Waals surface area contributed by atoms with Crippen molar-refractivity contribution in [1.82, 2.24) is 9.97 Å². The van der Waals surface area contributed by atoms with Crippen LogP contribution in [0.5, 0.6) is 0 Å². The summed E-state index contributed by atoms with van der Waals surface area (Å²) in [5.74, 6) is 0.707. The van der Waals surface area contributed by atoms with E-state index in [0.717, 1.165) is 39.2 Å². The average molecular weight is 526 g/mol. The number of aromatic nitrogens is 2. The number of rotatable bonds is 4. The van der Waals surface area contributed by atoms with Crippen molar-refractivity contribution in [3.63, 3.8) is 0 Å². The van der Waals surface area contributed by atoms with Crippen LogP contribution in [0.25, 0.3) is 56.2 Å². The molecule has 0 amide bonds. The van der Waals surface area contributed by atoms with E-state index in [4.69, 9.17) is 9.97 Å². The molecule has 0 bridgehead atoms. The SMILES string of the molecule is CC1(C)c2ccc(C#N)cc2-c2c(-c3ccc(-c4cc(-c5ccccc5)nc(-c5ccccc5)n4)cc3)cccc21. The predicted octanol–water partition coefficient (Wildman–Crippen LogP) is 9.32. The number of benzene rings is 5. The van der Waals surface area contributed by atoms with Crippen molar-refractivity contribution >= 4 is 0 Å². The minimum absolute atomic E-state index is 0.128. The lowest BCUT2D eigenvalue weighted by atomic mass is 9.82. The lowest BCUT2D eigenvalue weighted by molar-refractivity contribution is 0.660. The lowest BCUT2D eigenvalue weighted by Crippen LogP contribution is -2.14. The normalized spacial score (nSPS) is 12.8. The van der Waals surface area contributed by atoms with E-state index in [9.17, 15) is 5.26 Å². The summed E-state index contributed by atoms with van der Waals surface area (Å²) < 4.78 is 0. The average Bonchev–Trinajstić information content (AvgIpc) is 3.27. The van der Waals surface area contributed by atoms with Gasteiger partial charge in [0.25, 0.3) is 0 Å². The first-order chi connectivity index (χ1) is 20.0. The third-order valence-corrected chi connectivity index (χ3v) is 8.15. The van der Waals surface area contributed by atoms with Gasteiger partial charge in [0.2, 0.25) is 0 Å². The van der Waals surface area contributed by atoms with Crippen LogP contribution in [-0.2, 0) is 5.41 Å². The minimum Gasteiger partial charge on any atom is -0.228 e. The van der Waals surface area contributed by atoms with E-state index in [0.29, 0.717) is 11.4 Å². The monoisotopic (exact) mass is 525 g/mol. The van der Waals surface area contributed by atoms with Crippen LogP contribution in [-0.4, -0.2) is 9.97 Å². The number of hydrogen-bond acceptors (Lipinski definition) is 3. The lowest BCUT2D eigenvalue weighted by Gasteiger charge is -2.21. The van der Waals surface area contributed by atoms with Gasteiger partial charge in [0.05, 0.1) is 23.0 Å². The van der Waals surface area contributed by atoms with Crippen LogP contribution in [0, 0.1) is 11.3 Å². The first kappa shape index (κ1) is 24.7. The zero-order chi connectivity index (χ0) is 28.0. The van der Waals surface area contributed by atoms with E-state index in [1.807, 2.05) is 60.7 Å². The van der Waals surface area contributed by atoms with Crippen LogP contribution in [0.3, 0.4) is 0 Å². The van der Waals surface area contributed by atoms with E-state index >= 15 is 0 Å². The van der Waals surface area contributed by atoms with Gasteiger partial charge in [-0.25, -0.2) is 9.97 Å². The molecule has 0 N–H and O–H groups in total. The zero-order valence-corrected chi connectivity index (χ0v) is 23.0. The summed E-state index contributed by atoms with van der Waals surface area (Å²) in [5, 5.41) is 9.60. The Kier molecular flexibility index (Phi) is 5.84. The minimum atomic E-state index is -0.128. The van der Waals surface area contributed by atoms with Crippen LogP contribution >= 0.6 is 0 Å². The third kappa shape index (κ3) is 4.22. The van der Waals surface area contributed by atoms with Crippen LogP contribution in [0.4, 0.5) is 0 Å². The van der Waals surface area contributed by atoms with Gasteiger partial charge in [-0.05, 0) is 51.6 Å². The molecule has 0 aliphatic heterocycles. The Balaban J connectivity index is 1.34. The topological polar surface area (TPSA) is 49.6 Å². The molecule has 6 aromatic rings. The molecular weight excluding hydrogens is 498 g/mol. The summed E-state index contributed by atoms with van der Waals surface area (Å²) in [6.45, 7) is 4.53. The second-order valence-electron chi connectivity index (χ2n) is 11.0. The van der Waals surface area contributed by atoms with Gasteiger partial charge in [-0.15, -0.1) is 0 Å². The molecule has 3 heteroatoms. The highest BCUT2D eigenvalue weighted by Crippen LogP contribution is 2.52. The first-order valence-electron chi connectivity index (χ1n) is 13.8. The number of nitrogens with zero attached hydrogens (tertiary/aromatic N) is 3. The van der Waals surface area contributed by atoms with Crippen molar-refractivity contribution in [1.29, 1.82) is 5.26 Å². The molecule has 41 heavy (non-hydrogen) atoms. The van der Waals surface area contributed by atoms with E-state index in [1.54, 1.807) is 0 Å². The summed E-state index contributed by atoms with van der Waals surface area (Å²) in [5.41, 5.74) is 12.6. The fourth-order valence-corrected chi connectivity index (χ4v) is 6.00. The standard InChI is InChI=1S/C38H27N3/c1-38(2)32-21-16-25(24-39)22-31(32)36-30(14-9-15-33(36)38)26-17-19-28(20-18-26)35-23-34(27-10-5-3-6-11-27)40-37(41-35)29-12-7-4-8-13-29/h3-23H,1-2H3. The molecule has 5 aromatic carbocycles. The van der Waals surface area contributed by atoms with Crippen molar-refractivity contribution in [3.8, 4) is 62.2 Å². The maximum Gasteiger partial charge on any atom is 0.160 e.